The van der Waals surface area contributed by atoms with Crippen molar-refractivity contribution in [1.82, 2.24) is 9.78 Å². The number of aliphatic hydroxyl groups is 1. The minimum atomic E-state index is -0.666. The zero-order valence-electron chi connectivity index (χ0n) is 12.5. The Labute approximate surface area is 120 Å². The number of hydrogen-bond donors (Lipinski definition) is 1. The van der Waals surface area contributed by atoms with E-state index in [-0.39, 0.29) is 6.10 Å². The highest BCUT2D eigenvalue weighted by Crippen LogP contribution is 2.24. The van der Waals surface area contributed by atoms with Gasteiger partial charge in [-0.15, -0.1) is 0 Å². The van der Waals surface area contributed by atoms with Crippen molar-refractivity contribution in [3.8, 4) is 5.75 Å². The fourth-order valence-electron chi connectivity index (χ4n) is 2.14. The van der Waals surface area contributed by atoms with E-state index in [2.05, 4.69) is 12.0 Å². The molecule has 0 aliphatic heterocycles. The molecule has 20 heavy (non-hydrogen) atoms. The lowest BCUT2D eigenvalue weighted by atomic mass is 10.1. The molecule has 0 aliphatic rings. The number of nitrogens with zero attached hydrogens (tertiary/aromatic N) is 2. The smallest absolute Gasteiger partial charge is 0.121 e. The van der Waals surface area contributed by atoms with Crippen LogP contribution in [-0.2, 0) is 13.5 Å². The third-order valence-electron chi connectivity index (χ3n) is 3.18. The van der Waals surface area contributed by atoms with Crippen molar-refractivity contribution in [1.29, 1.82) is 0 Å². The molecular formula is C16H22N2O2. The predicted molar refractivity (Wildman–Crippen MR) is 78.9 cm³/mol. The summed E-state index contributed by atoms with van der Waals surface area (Å²) in [6.07, 6.45) is 0.345. The molecule has 0 saturated carbocycles. The van der Waals surface area contributed by atoms with Crippen molar-refractivity contribution in [3.05, 3.63) is 47.3 Å². The quantitative estimate of drug-likeness (QED) is 0.912. The summed E-state index contributed by atoms with van der Waals surface area (Å²) in [5.41, 5.74) is 2.63. The molecule has 1 atom stereocenters. The SMILES string of the molecule is CCc1cc(C(O)c2ccc(OC(C)C)cc2)n(C)n1. The molecule has 2 aromatic rings. The van der Waals surface area contributed by atoms with Crippen molar-refractivity contribution in [3.63, 3.8) is 0 Å². The summed E-state index contributed by atoms with van der Waals surface area (Å²) in [7, 11) is 1.86. The van der Waals surface area contributed by atoms with Gasteiger partial charge in [0, 0.05) is 7.05 Å². The van der Waals surface area contributed by atoms with Gasteiger partial charge < -0.3 is 9.84 Å². The molecule has 0 saturated heterocycles. The molecule has 4 heteroatoms. The summed E-state index contributed by atoms with van der Waals surface area (Å²) < 4.78 is 7.34. The number of ether oxygens (including phenoxy) is 1. The van der Waals surface area contributed by atoms with Crippen LogP contribution in [0.1, 0.15) is 43.8 Å². The summed E-state index contributed by atoms with van der Waals surface area (Å²) in [6, 6.07) is 9.50. The Morgan fingerprint density at radius 1 is 1.25 bits per heavy atom. The number of aryl methyl sites for hydroxylation is 2. The van der Waals surface area contributed by atoms with E-state index in [9.17, 15) is 5.11 Å². The van der Waals surface area contributed by atoms with Gasteiger partial charge in [0.15, 0.2) is 0 Å². The molecule has 4 nitrogen and oxygen atoms in total. The lowest BCUT2D eigenvalue weighted by molar-refractivity contribution is 0.209. The number of benzene rings is 1. The second kappa shape index (κ2) is 6.09. The Morgan fingerprint density at radius 3 is 2.40 bits per heavy atom. The minimum Gasteiger partial charge on any atom is -0.491 e. The van der Waals surface area contributed by atoms with Crippen LogP contribution in [0.25, 0.3) is 0 Å². The van der Waals surface area contributed by atoms with Crippen LogP contribution < -0.4 is 4.74 Å². The average molecular weight is 274 g/mol. The third-order valence-corrected chi connectivity index (χ3v) is 3.18. The Hall–Kier alpha value is -1.81. The highest BCUT2D eigenvalue weighted by Gasteiger charge is 2.16. The highest BCUT2D eigenvalue weighted by atomic mass is 16.5. The van der Waals surface area contributed by atoms with Crippen molar-refractivity contribution >= 4 is 0 Å². The molecule has 0 bridgehead atoms. The van der Waals surface area contributed by atoms with Gasteiger partial charge in [-0.1, -0.05) is 19.1 Å². The van der Waals surface area contributed by atoms with E-state index in [1.165, 1.54) is 0 Å². The molecule has 0 radical (unpaired) electrons. The monoisotopic (exact) mass is 274 g/mol. The first-order valence-corrected chi connectivity index (χ1v) is 6.98. The van der Waals surface area contributed by atoms with Crippen LogP contribution in [0.5, 0.6) is 5.75 Å². The summed E-state index contributed by atoms with van der Waals surface area (Å²) in [4.78, 5) is 0. The lowest BCUT2D eigenvalue weighted by Crippen LogP contribution is -2.07. The fourth-order valence-corrected chi connectivity index (χ4v) is 2.14. The largest absolute Gasteiger partial charge is 0.491 e. The van der Waals surface area contributed by atoms with Gasteiger partial charge in [0.2, 0.25) is 0 Å². The van der Waals surface area contributed by atoms with E-state index < -0.39 is 6.10 Å². The molecule has 0 spiro atoms. The van der Waals surface area contributed by atoms with Crippen LogP contribution in [0.2, 0.25) is 0 Å². The van der Waals surface area contributed by atoms with Gasteiger partial charge in [-0.25, -0.2) is 0 Å². The highest BCUT2D eigenvalue weighted by molar-refractivity contribution is 5.32. The Morgan fingerprint density at radius 2 is 1.90 bits per heavy atom. The van der Waals surface area contributed by atoms with Crippen molar-refractivity contribution < 1.29 is 9.84 Å². The van der Waals surface area contributed by atoms with Crippen molar-refractivity contribution in [2.24, 2.45) is 7.05 Å². The number of rotatable bonds is 5. The first kappa shape index (κ1) is 14.6. The van der Waals surface area contributed by atoms with E-state index in [4.69, 9.17) is 4.74 Å². The summed E-state index contributed by atoms with van der Waals surface area (Å²) in [5.74, 6) is 0.815. The minimum absolute atomic E-state index is 0.148. The molecule has 1 N–H and O–H groups in total. The molecule has 1 heterocycles. The third kappa shape index (κ3) is 3.20. The van der Waals surface area contributed by atoms with Gasteiger partial charge in [-0.3, -0.25) is 4.68 Å². The Balaban J connectivity index is 2.19. The zero-order valence-corrected chi connectivity index (χ0v) is 12.5. The van der Waals surface area contributed by atoms with Gasteiger partial charge in [0.25, 0.3) is 0 Å². The molecule has 2 rings (SSSR count). The van der Waals surface area contributed by atoms with Gasteiger partial charge in [0.05, 0.1) is 17.5 Å². The van der Waals surface area contributed by atoms with E-state index in [1.54, 1.807) is 4.68 Å². The molecule has 1 unspecified atom stereocenters. The van der Waals surface area contributed by atoms with Crippen LogP contribution >= 0.6 is 0 Å². The molecule has 0 fully saturated rings. The zero-order chi connectivity index (χ0) is 14.7. The van der Waals surface area contributed by atoms with E-state index >= 15 is 0 Å². The van der Waals surface area contributed by atoms with E-state index in [0.717, 1.165) is 29.1 Å². The van der Waals surface area contributed by atoms with Crippen LogP contribution in [0, 0.1) is 0 Å². The Kier molecular flexibility index (Phi) is 4.45. The number of hydrogen-bond acceptors (Lipinski definition) is 3. The second-order valence-corrected chi connectivity index (χ2v) is 5.18. The van der Waals surface area contributed by atoms with E-state index in [1.807, 2.05) is 51.2 Å². The van der Waals surface area contributed by atoms with Gasteiger partial charge in [-0.05, 0) is 44.0 Å². The van der Waals surface area contributed by atoms with Crippen molar-refractivity contribution in [2.75, 3.05) is 0 Å². The summed E-state index contributed by atoms with van der Waals surface area (Å²) in [5, 5.41) is 14.8. The number of aromatic nitrogens is 2. The Bertz CT molecular complexity index is 558. The summed E-state index contributed by atoms with van der Waals surface area (Å²) in [6.45, 7) is 6.03. The van der Waals surface area contributed by atoms with Gasteiger partial charge >= 0.3 is 0 Å². The van der Waals surface area contributed by atoms with Crippen LogP contribution in [0.3, 0.4) is 0 Å². The van der Waals surface area contributed by atoms with E-state index in [0.29, 0.717) is 0 Å². The van der Waals surface area contributed by atoms with Crippen molar-refractivity contribution in [2.45, 2.75) is 39.4 Å². The maximum atomic E-state index is 10.5. The molecule has 0 aliphatic carbocycles. The van der Waals surface area contributed by atoms with Crippen LogP contribution in [-0.4, -0.2) is 21.0 Å². The number of aliphatic hydroxyl groups excluding tert-OH is 1. The maximum absolute atomic E-state index is 10.5. The maximum Gasteiger partial charge on any atom is 0.121 e. The molecule has 1 aromatic carbocycles. The fraction of sp³-hybridized carbons (Fsp3) is 0.438. The van der Waals surface area contributed by atoms with Gasteiger partial charge in [0.1, 0.15) is 11.9 Å². The van der Waals surface area contributed by atoms with Crippen LogP contribution in [0.4, 0.5) is 0 Å². The standard InChI is InChI=1S/C16H22N2O2/c1-5-13-10-15(18(4)17-13)16(19)12-6-8-14(9-7-12)20-11(2)3/h6-11,16,19H,5H2,1-4H3. The molecular weight excluding hydrogens is 252 g/mol. The molecule has 108 valence electrons. The van der Waals surface area contributed by atoms with Gasteiger partial charge in [-0.2, -0.15) is 5.10 Å². The predicted octanol–water partition coefficient (Wildman–Crippen LogP) is 2.85. The first-order chi connectivity index (χ1) is 9.51. The average Bonchev–Trinajstić information content (AvgIpc) is 2.79. The topological polar surface area (TPSA) is 47.3 Å². The first-order valence-electron chi connectivity index (χ1n) is 6.98. The molecule has 0 amide bonds. The molecule has 1 aromatic heterocycles. The lowest BCUT2D eigenvalue weighted by Gasteiger charge is -2.13. The van der Waals surface area contributed by atoms with Crippen LogP contribution in [0.15, 0.2) is 30.3 Å². The summed E-state index contributed by atoms with van der Waals surface area (Å²) >= 11 is 0. The normalized spacial score (nSPS) is 12.7. The second-order valence-electron chi connectivity index (χ2n) is 5.18.